The molecule has 0 radical (unpaired) electrons. The average molecular weight is 382 g/mol. The number of hydrogen-bond donors (Lipinski definition) is 2. The molecular weight excluding hydrogens is 361 g/mol. The average Bonchev–Trinajstić information content (AvgIpc) is 2.59. The Morgan fingerprint density at radius 1 is 1.22 bits per heavy atom. The molecule has 0 fully saturated rings. The van der Waals surface area contributed by atoms with Gasteiger partial charge < -0.3 is 20.5 Å². The number of alkyl halides is 3. The van der Waals surface area contributed by atoms with E-state index in [0.717, 1.165) is 11.4 Å². The molecule has 1 aromatic carbocycles. The van der Waals surface area contributed by atoms with Gasteiger partial charge in [-0.2, -0.15) is 13.2 Å². The van der Waals surface area contributed by atoms with Gasteiger partial charge in [0.2, 0.25) is 5.88 Å². The van der Waals surface area contributed by atoms with Crippen molar-refractivity contribution in [3.63, 3.8) is 0 Å². The van der Waals surface area contributed by atoms with Crippen molar-refractivity contribution in [1.29, 1.82) is 0 Å². The molecule has 1 heterocycles. The van der Waals surface area contributed by atoms with E-state index >= 15 is 0 Å². The first-order valence-electron chi connectivity index (χ1n) is 8.19. The number of halogens is 3. The molecule has 6 nitrogen and oxygen atoms in total. The summed E-state index contributed by atoms with van der Waals surface area (Å²) in [7, 11) is 0. The fourth-order valence-electron chi connectivity index (χ4n) is 2.04. The number of nitrogens with zero attached hydrogens (tertiary/aromatic N) is 2. The number of anilines is 1. The molecule has 0 saturated heterocycles. The minimum absolute atomic E-state index is 0.0841. The van der Waals surface area contributed by atoms with Crippen molar-refractivity contribution in [2.75, 3.05) is 11.9 Å². The third-order valence-corrected chi connectivity index (χ3v) is 3.11. The molecule has 0 amide bonds. The number of guanidine groups is 1. The monoisotopic (exact) mass is 382 g/mol. The molecule has 0 atom stereocenters. The minimum Gasteiger partial charge on any atom is -0.491 e. The fraction of sp³-hybridized carbons (Fsp3) is 0.333. The van der Waals surface area contributed by atoms with Gasteiger partial charge in [0.25, 0.3) is 0 Å². The lowest BCUT2D eigenvalue weighted by molar-refractivity contribution is -0.154. The van der Waals surface area contributed by atoms with E-state index in [4.69, 9.17) is 10.5 Å². The SMILES string of the molecule is CC(C)Oc1ccc(NC(N)=NCc2ccnc(OCC(F)(F)F)c2)cc1. The predicted octanol–water partition coefficient (Wildman–Crippen LogP) is 3.74. The van der Waals surface area contributed by atoms with E-state index in [-0.39, 0.29) is 24.5 Å². The second-order valence-electron chi connectivity index (χ2n) is 5.92. The smallest absolute Gasteiger partial charge is 0.422 e. The van der Waals surface area contributed by atoms with E-state index in [0.29, 0.717) is 5.56 Å². The molecule has 0 saturated carbocycles. The molecule has 2 aromatic rings. The van der Waals surface area contributed by atoms with E-state index < -0.39 is 12.8 Å². The summed E-state index contributed by atoms with van der Waals surface area (Å²) in [6, 6.07) is 10.2. The Bertz CT molecular complexity index is 762. The van der Waals surface area contributed by atoms with Gasteiger partial charge in [-0.05, 0) is 49.7 Å². The molecule has 0 spiro atoms. The molecular formula is C18H21F3N4O2. The van der Waals surface area contributed by atoms with Gasteiger partial charge in [-0.15, -0.1) is 0 Å². The lowest BCUT2D eigenvalue weighted by Crippen LogP contribution is -2.22. The van der Waals surface area contributed by atoms with E-state index in [1.807, 2.05) is 26.0 Å². The van der Waals surface area contributed by atoms with Crippen molar-refractivity contribution in [3.8, 4) is 11.6 Å². The lowest BCUT2D eigenvalue weighted by atomic mass is 10.3. The van der Waals surface area contributed by atoms with Gasteiger partial charge in [0.05, 0.1) is 12.6 Å². The van der Waals surface area contributed by atoms with Gasteiger partial charge in [0.15, 0.2) is 12.6 Å². The normalized spacial score (nSPS) is 12.1. The highest BCUT2D eigenvalue weighted by Gasteiger charge is 2.28. The van der Waals surface area contributed by atoms with E-state index in [1.165, 1.54) is 12.3 Å². The first-order valence-corrected chi connectivity index (χ1v) is 8.19. The quantitative estimate of drug-likeness (QED) is 0.563. The molecule has 0 unspecified atom stereocenters. The first-order chi connectivity index (χ1) is 12.7. The zero-order valence-corrected chi connectivity index (χ0v) is 15.0. The number of pyridine rings is 1. The number of rotatable bonds is 7. The zero-order chi connectivity index (χ0) is 19.9. The highest BCUT2D eigenvalue weighted by atomic mass is 19.4. The fourth-order valence-corrected chi connectivity index (χ4v) is 2.04. The molecule has 3 N–H and O–H groups in total. The Kier molecular flexibility index (Phi) is 6.86. The third-order valence-electron chi connectivity index (χ3n) is 3.11. The highest BCUT2D eigenvalue weighted by Crippen LogP contribution is 2.18. The minimum atomic E-state index is -4.42. The van der Waals surface area contributed by atoms with E-state index in [2.05, 4.69) is 20.0 Å². The van der Waals surface area contributed by atoms with Crippen LogP contribution in [0.3, 0.4) is 0 Å². The summed E-state index contributed by atoms with van der Waals surface area (Å²) < 4.78 is 46.7. The molecule has 9 heteroatoms. The van der Waals surface area contributed by atoms with Crippen LogP contribution >= 0.6 is 0 Å². The molecule has 0 aliphatic heterocycles. The Morgan fingerprint density at radius 3 is 2.56 bits per heavy atom. The third kappa shape index (κ3) is 7.85. The second-order valence-corrected chi connectivity index (χ2v) is 5.92. The summed E-state index contributed by atoms with van der Waals surface area (Å²) in [6.45, 7) is 2.65. The van der Waals surface area contributed by atoms with Crippen LogP contribution in [0.4, 0.5) is 18.9 Å². The molecule has 2 rings (SSSR count). The van der Waals surface area contributed by atoms with Crippen LogP contribution in [0, 0.1) is 0 Å². The van der Waals surface area contributed by atoms with Crippen molar-refractivity contribution in [2.24, 2.45) is 10.7 Å². The number of hydrogen-bond acceptors (Lipinski definition) is 4. The van der Waals surface area contributed by atoms with Crippen molar-refractivity contribution >= 4 is 11.6 Å². The van der Waals surface area contributed by atoms with Gasteiger partial charge in [0, 0.05) is 18.0 Å². The molecule has 0 aliphatic carbocycles. The Balaban J connectivity index is 1.91. The van der Waals surface area contributed by atoms with Crippen LogP contribution in [0.5, 0.6) is 11.6 Å². The summed E-state index contributed by atoms with van der Waals surface area (Å²) in [5.41, 5.74) is 7.19. The summed E-state index contributed by atoms with van der Waals surface area (Å²) >= 11 is 0. The van der Waals surface area contributed by atoms with Crippen molar-refractivity contribution in [3.05, 3.63) is 48.2 Å². The topological polar surface area (TPSA) is 81.8 Å². The van der Waals surface area contributed by atoms with Gasteiger partial charge >= 0.3 is 6.18 Å². The van der Waals surface area contributed by atoms with Crippen molar-refractivity contribution in [1.82, 2.24) is 4.98 Å². The molecule has 1 aromatic heterocycles. The lowest BCUT2D eigenvalue weighted by Gasteiger charge is -2.11. The summed E-state index contributed by atoms with van der Waals surface area (Å²) in [4.78, 5) is 7.89. The maximum Gasteiger partial charge on any atom is 0.422 e. The van der Waals surface area contributed by atoms with Crippen LogP contribution in [0.2, 0.25) is 0 Å². The summed E-state index contributed by atoms with van der Waals surface area (Å²) in [5, 5.41) is 2.93. The van der Waals surface area contributed by atoms with Crippen LogP contribution in [0.25, 0.3) is 0 Å². The van der Waals surface area contributed by atoms with Gasteiger partial charge in [-0.25, -0.2) is 9.98 Å². The zero-order valence-electron chi connectivity index (χ0n) is 15.0. The maximum absolute atomic E-state index is 12.2. The number of aromatic nitrogens is 1. The van der Waals surface area contributed by atoms with Gasteiger partial charge in [0.1, 0.15) is 5.75 Å². The second kappa shape index (κ2) is 9.11. The van der Waals surface area contributed by atoms with Crippen LogP contribution in [0.15, 0.2) is 47.6 Å². The largest absolute Gasteiger partial charge is 0.491 e. The van der Waals surface area contributed by atoms with Gasteiger partial charge in [-0.3, -0.25) is 0 Å². The van der Waals surface area contributed by atoms with E-state index in [9.17, 15) is 13.2 Å². The van der Waals surface area contributed by atoms with E-state index in [1.54, 1.807) is 18.2 Å². The van der Waals surface area contributed by atoms with Crippen molar-refractivity contribution < 1.29 is 22.6 Å². The molecule has 27 heavy (non-hydrogen) atoms. The number of nitrogens with two attached hydrogens (primary N) is 1. The standard InChI is InChI=1S/C18H21F3N4O2/c1-12(2)27-15-5-3-14(4-6-15)25-17(22)24-10-13-7-8-23-16(9-13)26-11-18(19,20)21/h3-9,12H,10-11H2,1-2H3,(H3,22,24,25). The summed E-state index contributed by atoms with van der Waals surface area (Å²) in [6.07, 6.45) is -2.98. The molecule has 0 aliphatic rings. The maximum atomic E-state index is 12.2. The Hall–Kier alpha value is -2.97. The summed E-state index contributed by atoms with van der Waals surface area (Å²) in [5.74, 6) is 0.795. The Labute approximate surface area is 155 Å². The Morgan fingerprint density at radius 2 is 1.93 bits per heavy atom. The highest BCUT2D eigenvalue weighted by molar-refractivity contribution is 5.92. The number of nitrogens with one attached hydrogen (secondary N) is 1. The molecule has 0 bridgehead atoms. The number of benzene rings is 1. The predicted molar refractivity (Wildman–Crippen MR) is 96.9 cm³/mol. The van der Waals surface area contributed by atoms with Crippen LogP contribution in [-0.2, 0) is 6.54 Å². The van der Waals surface area contributed by atoms with Crippen LogP contribution < -0.4 is 20.5 Å². The van der Waals surface area contributed by atoms with Gasteiger partial charge in [-0.1, -0.05) is 0 Å². The van der Waals surface area contributed by atoms with Crippen LogP contribution in [-0.4, -0.2) is 29.8 Å². The number of ether oxygens (including phenoxy) is 2. The van der Waals surface area contributed by atoms with Crippen molar-refractivity contribution in [2.45, 2.75) is 32.7 Å². The molecule has 146 valence electrons. The van der Waals surface area contributed by atoms with Crippen LogP contribution in [0.1, 0.15) is 19.4 Å². The first kappa shape index (κ1) is 20.3. The number of aliphatic imine (C=N–C) groups is 1.